The Balaban J connectivity index is 1.38. The molecular formula is C20H19N3O3S. The van der Waals surface area contributed by atoms with Crippen molar-refractivity contribution < 1.29 is 14.3 Å². The minimum absolute atomic E-state index is 0.109. The number of hydrogen-bond donors (Lipinski definition) is 1. The molecule has 138 valence electrons. The van der Waals surface area contributed by atoms with E-state index in [-0.39, 0.29) is 18.1 Å². The minimum atomic E-state index is -0.267. The molecule has 4 rings (SSSR count). The lowest BCUT2D eigenvalue weighted by molar-refractivity contribution is -0.118. The SMILES string of the molecule is CC1(C)Cc2cccc(OCC(=O)Nc3nc(-c4cccnc4)cs3)c2O1. The van der Waals surface area contributed by atoms with Crippen LogP contribution in [0.5, 0.6) is 11.5 Å². The average Bonchev–Trinajstić information content (AvgIpc) is 3.23. The molecule has 3 aromatic rings. The summed E-state index contributed by atoms with van der Waals surface area (Å²) in [5, 5.41) is 5.18. The summed E-state index contributed by atoms with van der Waals surface area (Å²) in [6.07, 6.45) is 4.27. The number of nitrogens with one attached hydrogen (secondary N) is 1. The van der Waals surface area contributed by atoms with Crippen molar-refractivity contribution in [3.63, 3.8) is 0 Å². The number of carbonyl (C=O) groups excluding carboxylic acids is 1. The number of thiazole rings is 1. The third kappa shape index (κ3) is 3.93. The molecule has 0 unspecified atom stereocenters. The number of pyridine rings is 1. The van der Waals surface area contributed by atoms with Gasteiger partial charge < -0.3 is 9.47 Å². The number of nitrogens with zero attached hydrogens (tertiary/aromatic N) is 2. The molecule has 1 aromatic carbocycles. The maximum absolute atomic E-state index is 12.2. The zero-order valence-electron chi connectivity index (χ0n) is 15.1. The van der Waals surface area contributed by atoms with Crippen molar-refractivity contribution in [2.45, 2.75) is 25.9 Å². The van der Waals surface area contributed by atoms with E-state index in [1.807, 2.05) is 49.6 Å². The van der Waals surface area contributed by atoms with Crippen molar-refractivity contribution in [2.75, 3.05) is 11.9 Å². The Hall–Kier alpha value is -2.93. The molecule has 1 aliphatic heterocycles. The Morgan fingerprint density at radius 2 is 2.22 bits per heavy atom. The second kappa shape index (κ2) is 7.00. The molecule has 0 spiro atoms. The van der Waals surface area contributed by atoms with Crippen LogP contribution in [0.2, 0.25) is 0 Å². The lowest BCUT2D eigenvalue weighted by atomic mass is 10.0. The van der Waals surface area contributed by atoms with Gasteiger partial charge in [-0.05, 0) is 32.0 Å². The van der Waals surface area contributed by atoms with Gasteiger partial charge in [0.1, 0.15) is 5.60 Å². The molecule has 0 atom stereocenters. The third-order valence-electron chi connectivity index (χ3n) is 4.12. The van der Waals surface area contributed by atoms with Crippen molar-refractivity contribution >= 4 is 22.4 Å². The maximum atomic E-state index is 12.2. The highest BCUT2D eigenvalue weighted by molar-refractivity contribution is 7.14. The molecule has 0 saturated carbocycles. The van der Waals surface area contributed by atoms with Gasteiger partial charge >= 0.3 is 0 Å². The van der Waals surface area contributed by atoms with Crippen LogP contribution in [0.25, 0.3) is 11.3 Å². The number of carbonyl (C=O) groups is 1. The summed E-state index contributed by atoms with van der Waals surface area (Å²) >= 11 is 1.36. The molecule has 0 bridgehead atoms. The van der Waals surface area contributed by atoms with Crippen LogP contribution < -0.4 is 14.8 Å². The molecule has 3 heterocycles. The van der Waals surface area contributed by atoms with Gasteiger partial charge in [0.05, 0.1) is 5.69 Å². The number of benzene rings is 1. The summed E-state index contributed by atoms with van der Waals surface area (Å²) in [7, 11) is 0. The number of aromatic nitrogens is 2. The van der Waals surface area contributed by atoms with Crippen molar-refractivity contribution in [1.29, 1.82) is 0 Å². The van der Waals surface area contributed by atoms with Gasteiger partial charge in [-0.2, -0.15) is 0 Å². The first kappa shape index (κ1) is 17.5. The molecule has 0 radical (unpaired) electrons. The van der Waals surface area contributed by atoms with Gasteiger partial charge in [-0.1, -0.05) is 12.1 Å². The molecule has 0 saturated heterocycles. The van der Waals surface area contributed by atoms with E-state index in [0.717, 1.165) is 29.0 Å². The van der Waals surface area contributed by atoms with Crippen LogP contribution in [0.3, 0.4) is 0 Å². The van der Waals surface area contributed by atoms with E-state index < -0.39 is 0 Å². The number of rotatable bonds is 5. The van der Waals surface area contributed by atoms with Crippen LogP contribution in [0.4, 0.5) is 5.13 Å². The first-order valence-corrected chi connectivity index (χ1v) is 9.48. The van der Waals surface area contributed by atoms with Gasteiger partial charge in [-0.15, -0.1) is 11.3 Å². The van der Waals surface area contributed by atoms with Crippen molar-refractivity contribution in [1.82, 2.24) is 9.97 Å². The quantitative estimate of drug-likeness (QED) is 0.725. The third-order valence-corrected chi connectivity index (χ3v) is 4.88. The lowest BCUT2D eigenvalue weighted by Gasteiger charge is -2.18. The summed E-state index contributed by atoms with van der Waals surface area (Å²) in [4.78, 5) is 20.7. The fraction of sp³-hybridized carbons (Fsp3) is 0.250. The van der Waals surface area contributed by atoms with Gasteiger partial charge in [0.15, 0.2) is 23.2 Å². The van der Waals surface area contributed by atoms with Crippen molar-refractivity contribution in [3.05, 3.63) is 53.7 Å². The molecule has 2 aromatic heterocycles. The molecule has 1 N–H and O–H groups in total. The molecule has 1 aliphatic rings. The smallest absolute Gasteiger partial charge is 0.264 e. The van der Waals surface area contributed by atoms with Crippen LogP contribution in [0, 0.1) is 0 Å². The average molecular weight is 381 g/mol. The van der Waals surface area contributed by atoms with Gasteiger partial charge in [0.25, 0.3) is 5.91 Å². The van der Waals surface area contributed by atoms with Crippen molar-refractivity contribution in [3.8, 4) is 22.8 Å². The number of ether oxygens (including phenoxy) is 2. The largest absolute Gasteiger partial charge is 0.483 e. The number of anilines is 1. The highest BCUT2D eigenvalue weighted by Crippen LogP contribution is 2.41. The monoisotopic (exact) mass is 381 g/mol. The minimum Gasteiger partial charge on any atom is -0.483 e. The lowest BCUT2D eigenvalue weighted by Crippen LogP contribution is -2.25. The topological polar surface area (TPSA) is 73.3 Å². The normalized spacial score (nSPS) is 14.3. The summed E-state index contributed by atoms with van der Waals surface area (Å²) in [6, 6.07) is 9.53. The van der Waals surface area contributed by atoms with E-state index in [9.17, 15) is 4.79 Å². The molecule has 0 fully saturated rings. The van der Waals surface area contributed by atoms with Crippen LogP contribution in [0.15, 0.2) is 48.1 Å². The standard InChI is InChI=1S/C20H19N3O3S/c1-20(2)9-13-5-3-7-16(18(13)26-20)25-11-17(24)23-19-22-15(12-27-19)14-6-4-8-21-10-14/h3-8,10,12H,9,11H2,1-2H3,(H,22,23,24). The molecule has 7 heteroatoms. The number of para-hydroxylation sites is 1. The molecule has 0 aliphatic carbocycles. The number of amides is 1. The zero-order valence-corrected chi connectivity index (χ0v) is 15.9. The fourth-order valence-electron chi connectivity index (χ4n) is 2.98. The van der Waals surface area contributed by atoms with Crippen molar-refractivity contribution in [2.24, 2.45) is 0 Å². The molecular weight excluding hydrogens is 362 g/mol. The molecule has 27 heavy (non-hydrogen) atoms. The second-order valence-electron chi connectivity index (χ2n) is 6.90. The van der Waals surface area contributed by atoms with E-state index in [4.69, 9.17) is 9.47 Å². The van der Waals surface area contributed by atoms with Gasteiger partial charge in [0.2, 0.25) is 0 Å². The van der Waals surface area contributed by atoms with E-state index in [1.54, 1.807) is 12.4 Å². The van der Waals surface area contributed by atoms with E-state index in [1.165, 1.54) is 11.3 Å². The maximum Gasteiger partial charge on any atom is 0.264 e. The Morgan fingerprint density at radius 3 is 3.04 bits per heavy atom. The predicted molar refractivity (Wildman–Crippen MR) is 104 cm³/mol. The Kier molecular flexibility index (Phi) is 4.53. The number of hydrogen-bond acceptors (Lipinski definition) is 6. The highest BCUT2D eigenvalue weighted by atomic mass is 32.1. The van der Waals surface area contributed by atoms with Gasteiger partial charge in [-0.25, -0.2) is 4.98 Å². The van der Waals surface area contributed by atoms with Crippen LogP contribution in [-0.4, -0.2) is 28.1 Å². The second-order valence-corrected chi connectivity index (χ2v) is 7.76. The highest BCUT2D eigenvalue weighted by Gasteiger charge is 2.32. The van der Waals surface area contributed by atoms with Crippen LogP contribution in [-0.2, 0) is 11.2 Å². The van der Waals surface area contributed by atoms with Gasteiger partial charge in [-0.3, -0.25) is 15.1 Å². The summed E-state index contributed by atoms with van der Waals surface area (Å²) in [6.45, 7) is 3.96. The first-order valence-electron chi connectivity index (χ1n) is 8.60. The van der Waals surface area contributed by atoms with Gasteiger partial charge in [0, 0.05) is 35.3 Å². The Labute approximate surface area is 161 Å². The van der Waals surface area contributed by atoms with E-state index in [0.29, 0.717) is 10.9 Å². The fourth-order valence-corrected chi connectivity index (χ4v) is 3.71. The predicted octanol–water partition coefficient (Wildman–Crippen LogP) is 3.94. The van der Waals surface area contributed by atoms with Crippen LogP contribution in [0.1, 0.15) is 19.4 Å². The zero-order chi connectivity index (χ0) is 18.9. The first-order chi connectivity index (χ1) is 13.0. The summed E-state index contributed by atoms with van der Waals surface area (Å²) in [5.41, 5.74) is 2.53. The molecule has 1 amide bonds. The Morgan fingerprint density at radius 1 is 1.33 bits per heavy atom. The number of fused-ring (bicyclic) bond motifs is 1. The van der Waals surface area contributed by atoms with E-state index in [2.05, 4.69) is 15.3 Å². The molecule has 6 nitrogen and oxygen atoms in total. The van der Waals surface area contributed by atoms with Crippen LogP contribution >= 0.6 is 11.3 Å². The summed E-state index contributed by atoms with van der Waals surface area (Å²) < 4.78 is 11.7. The van der Waals surface area contributed by atoms with E-state index >= 15 is 0 Å². The Bertz CT molecular complexity index is 970. The summed E-state index contributed by atoms with van der Waals surface area (Å²) in [5.74, 6) is 1.05.